The van der Waals surface area contributed by atoms with Crippen LogP contribution in [0.15, 0.2) is 70.9 Å². The average molecular weight is 512 g/mol. The van der Waals surface area contributed by atoms with E-state index in [9.17, 15) is 14.7 Å². The monoisotopic (exact) mass is 511 g/mol. The molecule has 2 saturated heterocycles. The molecule has 2 aliphatic rings. The van der Waals surface area contributed by atoms with Crippen molar-refractivity contribution < 1.29 is 19.1 Å². The number of aliphatic hydroxyl groups is 1. The number of piperazine rings is 1. The van der Waals surface area contributed by atoms with Crippen LogP contribution < -0.4 is 9.80 Å². The van der Waals surface area contributed by atoms with Gasteiger partial charge in [0.15, 0.2) is 0 Å². The Labute approximate surface area is 212 Å². The van der Waals surface area contributed by atoms with Crippen molar-refractivity contribution in [2.45, 2.75) is 6.04 Å². The molecule has 9 heteroatoms. The molecular weight excluding hydrogens is 489 g/mol. The van der Waals surface area contributed by atoms with Crippen LogP contribution in [0, 0.1) is 0 Å². The highest BCUT2D eigenvalue weighted by atomic mass is 35.5. The molecule has 1 N–H and O–H groups in total. The number of nitrogens with zero attached hydrogens (tertiary/aromatic N) is 3. The van der Waals surface area contributed by atoms with E-state index in [1.165, 1.54) is 23.3 Å². The normalized spacial score (nSPS) is 20.6. The lowest BCUT2D eigenvalue weighted by atomic mass is 9.99. The Hall–Kier alpha value is -3.26. The Morgan fingerprint density at radius 1 is 0.943 bits per heavy atom. The number of anilines is 2. The first-order chi connectivity index (χ1) is 16.8. The van der Waals surface area contributed by atoms with Crippen LogP contribution in [-0.2, 0) is 9.59 Å². The molecule has 1 unspecified atom stereocenters. The molecule has 1 amide bonds. The number of halogens is 2. The quantitative estimate of drug-likeness (QED) is 0.303. The molecule has 1 atom stereocenters. The molecule has 5 rings (SSSR count). The highest BCUT2D eigenvalue weighted by Crippen LogP contribution is 2.43. The van der Waals surface area contributed by atoms with E-state index in [0.29, 0.717) is 16.5 Å². The number of ketones is 1. The van der Waals surface area contributed by atoms with E-state index in [2.05, 4.69) is 16.8 Å². The van der Waals surface area contributed by atoms with Crippen molar-refractivity contribution >= 4 is 52.0 Å². The summed E-state index contributed by atoms with van der Waals surface area (Å²) >= 11 is 12.1. The molecule has 0 radical (unpaired) electrons. The summed E-state index contributed by atoms with van der Waals surface area (Å²) in [4.78, 5) is 32.3. The van der Waals surface area contributed by atoms with Gasteiger partial charge in [-0.15, -0.1) is 0 Å². The second-order valence-corrected chi connectivity index (χ2v) is 9.43. The van der Waals surface area contributed by atoms with Crippen molar-refractivity contribution in [2.75, 3.05) is 43.0 Å². The van der Waals surface area contributed by atoms with E-state index in [0.717, 1.165) is 31.9 Å². The molecule has 3 aromatic rings. The first-order valence-electron chi connectivity index (χ1n) is 11.2. The lowest BCUT2D eigenvalue weighted by molar-refractivity contribution is -0.132. The standard InChI is InChI=1S/C26H23Cl2N3O4/c1-29-10-12-30(13-11-29)17-5-7-18(8-6-17)31-23(21-3-2-14-35-21)22(25(33)26(31)34)24(32)16-4-9-19(27)20(28)15-16/h2-9,14-15,23,32H,10-13H2,1H3/b24-22-. The van der Waals surface area contributed by atoms with Gasteiger partial charge in [-0.05, 0) is 61.6 Å². The predicted octanol–water partition coefficient (Wildman–Crippen LogP) is 4.96. The molecule has 2 aliphatic heterocycles. The van der Waals surface area contributed by atoms with Crippen LogP contribution >= 0.6 is 23.2 Å². The molecule has 2 fully saturated rings. The number of amides is 1. The van der Waals surface area contributed by atoms with Gasteiger partial charge in [0.25, 0.3) is 11.7 Å². The second-order valence-electron chi connectivity index (χ2n) is 8.62. The molecule has 0 aliphatic carbocycles. The highest BCUT2D eigenvalue weighted by molar-refractivity contribution is 6.51. The Kier molecular flexibility index (Phi) is 6.32. The number of carbonyl (C=O) groups is 2. The fraction of sp³-hybridized carbons (Fsp3) is 0.231. The molecule has 3 heterocycles. The smallest absolute Gasteiger partial charge is 0.300 e. The van der Waals surface area contributed by atoms with Crippen molar-refractivity contribution in [1.82, 2.24) is 4.90 Å². The van der Waals surface area contributed by atoms with Crippen molar-refractivity contribution in [3.8, 4) is 0 Å². The summed E-state index contributed by atoms with van der Waals surface area (Å²) in [6.45, 7) is 3.78. The van der Waals surface area contributed by atoms with Crippen molar-refractivity contribution in [3.63, 3.8) is 0 Å². The van der Waals surface area contributed by atoms with E-state index in [1.54, 1.807) is 18.2 Å². The maximum absolute atomic E-state index is 13.2. The van der Waals surface area contributed by atoms with E-state index in [4.69, 9.17) is 27.6 Å². The van der Waals surface area contributed by atoms with Gasteiger partial charge in [-0.2, -0.15) is 0 Å². The molecule has 0 bridgehead atoms. The molecule has 7 nitrogen and oxygen atoms in total. The number of hydrogen-bond donors (Lipinski definition) is 1. The Balaban J connectivity index is 1.55. The zero-order valence-corrected chi connectivity index (χ0v) is 20.5. The van der Waals surface area contributed by atoms with Crippen LogP contribution in [0.4, 0.5) is 11.4 Å². The second kappa shape index (κ2) is 9.41. The van der Waals surface area contributed by atoms with Gasteiger partial charge in [-0.1, -0.05) is 23.2 Å². The summed E-state index contributed by atoms with van der Waals surface area (Å²) in [5, 5.41) is 11.7. The SMILES string of the molecule is CN1CCN(c2ccc(N3C(=O)C(=O)/C(=C(\O)c4ccc(Cl)c(Cl)c4)C3c3ccco3)cc2)CC1. The summed E-state index contributed by atoms with van der Waals surface area (Å²) in [6, 6.07) is 14.4. The largest absolute Gasteiger partial charge is 0.507 e. The molecule has 180 valence electrons. The Bertz CT molecular complexity index is 1300. The lowest BCUT2D eigenvalue weighted by Crippen LogP contribution is -2.44. The molecule has 1 aromatic heterocycles. The van der Waals surface area contributed by atoms with E-state index >= 15 is 0 Å². The third-order valence-corrected chi connectivity index (χ3v) is 7.19. The van der Waals surface area contributed by atoms with E-state index < -0.39 is 17.7 Å². The average Bonchev–Trinajstić information content (AvgIpc) is 3.48. The zero-order chi connectivity index (χ0) is 24.7. The van der Waals surface area contributed by atoms with Crippen LogP contribution in [-0.4, -0.2) is 54.9 Å². The van der Waals surface area contributed by atoms with Crippen LogP contribution in [0.5, 0.6) is 0 Å². The van der Waals surface area contributed by atoms with Gasteiger partial charge >= 0.3 is 0 Å². The third-order valence-electron chi connectivity index (χ3n) is 6.45. The summed E-state index contributed by atoms with van der Waals surface area (Å²) in [5.74, 6) is -1.55. The van der Waals surface area contributed by atoms with Gasteiger partial charge in [0.2, 0.25) is 0 Å². The topological polar surface area (TPSA) is 77.2 Å². The number of Topliss-reactive ketones (excluding diaryl/α,β-unsaturated/α-hetero) is 1. The first kappa shape index (κ1) is 23.5. The van der Waals surface area contributed by atoms with Gasteiger partial charge in [0.05, 0.1) is 21.9 Å². The summed E-state index contributed by atoms with van der Waals surface area (Å²) in [7, 11) is 2.10. The van der Waals surface area contributed by atoms with Crippen molar-refractivity contribution in [2.24, 2.45) is 0 Å². The van der Waals surface area contributed by atoms with Crippen LogP contribution in [0.25, 0.3) is 5.76 Å². The van der Waals surface area contributed by atoms with Gasteiger partial charge in [0.1, 0.15) is 17.6 Å². The number of hydrogen-bond acceptors (Lipinski definition) is 6. The molecule has 0 spiro atoms. The molecule has 2 aromatic carbocycles. The van der Waals surface area contributed by atoms with E-state index in [-0.39, 0.29) is 21.9 Å². The summed E-state index contributed by atoms with van der Waals surface area (Å²) in [6.07, 6.45) is 1.46. The van der Waals surface area contributed by atoms with Crippen LogP contribution in [0.2, 0.25) is 10.0 Å². The maximum Gasteiger partial charge on any atom is 0.300 e. The highest BCUT2D eigenvalue weighted by Gasteiger charge is 2.48. The van der Waals surface area contributed by atoms with Gasteiger partial charge < -0.3 is 19.3 Å². The lowest BCUT2D eigenvalue weighted by Gasteiger charge is -2.34. The number of aliphatic hydroxyl groups excluding tert-OH is 1. The number of rotatable bonds is 4. The van der Waals surface area contributed by atoms with Crippen LogP contribution in [0.3, 0.4) is 0 Å². The van der Waals surface area contributed by atoms with E-state index in [1.807, 2.05) is 24.3 Å². The van der Waals surface area contributed by atoms with Gasteiger partial charge in [0, 0.05) is 43.1 Å². The van der Waals surface area contributed by atoms with Gasteiger partial charge in [-0.3, -0.25) is 14.5 Å². The molecule has 35 heavy (non-hydrogen) atoms. The first-order valence-corrected chi connectivity index (χ1v) is 11.9. The molecular formula is C26H23Cl2N3O4. The minimum absolute atomic E-state index is 0.0773. The Morgan fingerprint density at radius 3 is 2.26 bits per heavy atom. The minimum atomic E-state index is -0.936. The fourth-order valence-corrected chi connectivity index (χ4v) is 4.80. The fourth-order valence-electron chi connectivity index (χ4n) is 4.50. The minimum Gasteiger partial charge on any atom is -0.507 e. The number of furan rings is 1. The predicted molar refractivity (Wildman–Crippen MR) is 136 cm³/mol. The van der Waals surface area contributed by atoms with Crippen LogP contribution in [0.1, 0.15) is 17.4 Å². The van der Waals surface area contributed by atoms with Crippen molar-refractivity contribution in [3.05, 3.63) is 87.8 Å². The summed E-state index contributed by atoms with van der Waals surface area (Å²) in [5.41, 5.74) is 1.77. The summed E-state index contributed by atoms with van der Waals surface area (Å²) < 4.78 is 5.60. The number of likely N-dealkylation sites (N-methyl/N-ethyl adjacent to an activating group) is 1. The van der Waals surface area contributed by atoms with Crippen molar-refractivity contribution in [1.29, 1.82) is 0 Å². The molecule has 0 saturated carbocycles. The zero-order valence-electron chi connectivity index (χ0n) is 18.9. The van der Waals surface area contributed by atoms with Gasteiger partial charge in [-0.25, -0.2) is 0 Å². The number of benzene rings is 2. The maximum atomic E-state index is 13.2. The number of carbonyl (C=O) groups excluding carboxylic acids is 2. The third kappa shape index (κ3) is 4.31. The Morgan fingerprint density at radius 2 is 1.63 bits per heavy atom.